The zero-order valence-electron chi connectivity index (χ0n) is 19.7. The van der Waals surface area contributed by atoms with E-state index in [1.807, 2.05) is 51.1 Å². The van der Waals surface area contributed by atoms with Gasteiger partial charge in [-0.2, -0.15) is 4.31 Å². The Bertz CT molecular complexity index is 1240. The summed E-state index contributed by atoms with van der Waals surface area (Å²) in [4.78, 5) is 11.3. The van der Waals surface area contributed by atoms with Gasteiger partial charge in [0.1, 0.15) is 9.96 Å². The number of fused-ring (bicyclic) bond motifs is 1. The van der Waals surface area contributed by atoms with E-state index < -0.39 is 21.6 Å². The monoisotopic (exact) mass is 489 g/mol. The number of rotatable bonds is 10. The Hall–Kier alpha value is -2.42. The van der Waals surface area contributed by atoms with Crippen LogP contribution in [0.1, 0.15) is 43.9 Å². The molecule has 1 heterocycles. The summed E-state index contributed by atoms with van der Waals surface area (Å²) in [5, 5.41) is 10.2. The number of thiophene rings is 1. The van der Waals surface area contributed by atoms with E-state index in [1.165, 1.54) is 25.2 Å². The van der Waals surface area contributed by atoms with E-state index in [0.717, 1.165) is 33.2 Å². The number of carboxylic acids is 1. The second-order valence-corrected chi connectivity index (χ2v) is 11.9. The first kappa shape index (κ1) is 25.2. The predicted octanol–water partition coefficient (Wildman–Crippen LogP) is 5.40. The molecule has 0 unspecified atom stereocenters. The highest BCUT2D eigenvalue weighted by molar-refractivity contribution is 7.91. The summed E-state index contributed by atoms with van der Waals surface area (Å²) in [6, 6.07) is 13.2. The van der Waals surface area contributed by atoms with Crippen LogP contribution >= 0.6 is 11.3 Å². The van der Waals surface area contributed by atoms with Crippen LogP contribution in [0.2, 0.25) is 0 Å². The van der Waals surface area contributed by atoms with Crippen molar-refractivity contribution in [3.8, 4) is 5.75 Å². The highest BCUT2D eigenvalue weighted by Crippen LogP contribution is 2.36. The van der Waals surface area contributed by atoms with Gasteiger partial charge in [-0.25, -0.2) is 13.2 Å². The fourth-order valence-electron chi connectivity index (χ4n) is 3.59. The first-order valence-corrected chi connectivity index (χ1v) is 13.2. The van der Waals surface area contributed by atoms with Gasteiger partial charge in [0.25, 0.3) is 10.0 Å². The van der Waals surface area contributed by atoms with Crippen molar-refractivity contribution in [2.75, 3.05) is 13.1 Å². The van der Waals surface area contributed by atoms with Crippen molar-refractivity contribution < 1.29 is 23.1 Å². The fourth-order valence-corrected chi connectivity index (χ4v) is 7.01. The van der Waals surface area contributed by atoms with E-state index in [4.69, 9.17) is 4.74 Å². The predicted molar refractivity (Wildman–Crippen MR) is 133 cm³/mol. The summed E-state index contributed by atoms with van der Waals surface area (Å²) in [6.07, 6.45) is 1.27. The molecule has 0 aliphatic rings. The van der Waals surface area contributed by atoms with Crippen LogP contribution in [0, 0.1) is 13.8 Å². The number of sulfonamides is 1. The van der Waals surface area contributed by atoms with Gasteiger partial charge in [-0.3, -0.25) is 0 Å². The first-order chi connectivity index (χ1) is 15.5. The first-order valence-electron chi connectivity index (χ1n) is 11.0. The van der Waals surface area contributed by atoms with Crippen LogP contribution < -0.4 is 4.74 Å². The van der Waals surface area contributed by atoms with E-state index in [9.17, 15) is 18.3 Å². The van der Waals surface area contributed by atoms with Crippen LogP contribution in [0.15, 0.2) is 46.7 Å². The van der Waals surface area contributed by atoms with E-state index in [2.05, 4.69) is 0 Å². The van der Waals surface area contributed by atoms with Gasteiger partial charge in [-0.05, 0) is 75.2 Å². The van der Waals surface area contributed by atoms with Gasteiger partial charge < -0.3 is 9.84 Å². The minimum absolute atomic E-state index is 0.365. The third-order valence-electron chi connectivity index (χ3n) is 5.56. The van der Waals surface area contributed by atoms with Gasteiger partial charge >= 0.3 is 5.97 Å². The number of nitrogens with zero attached hydrogens (tertiary/aromatic N) is 1. The van der Waals surface area contributed by atoms with Crippen molar-refractivity contribution in [3.05, 3.63) is 59.2 Å². The number of aliphatic carboxylic acids is 1. The SMILES string of the molecule is CCCN(CCc1ccc(OC(C)(C)C(=O)O)cc1)S(=O)(=O)c1sc2ccc(C)cc2c1C. The molecule has 3 rings (SSSR count). The maximum Gasteiger partial charge on any atom is 0.347 e. The van der Waals surface area contributed by atoms with Gasteiger partial charge in [0.2, 0.25) is 0 Å². The highest BCUT2D eigenvalue weighted by Gasteiger charge is 2.30. The van der Waals surface area contributed by atoms with Crippen LogP contribution in [0.4, 0.5) is 0 Å². The Labute approximate surface area is 199 Å². The van der Waals surface area contributed by atoms with Crippen LogP contribution in [-0.4, -0.2) is 42.5 Å². The maximum absolute atomic E-state index is 13.6. The molecule has 0 radical (unpaired) electrons. The standard InChI is InChI=1S/C25H31NO5S2/c1-6-14-26(15-13-19-8-10-20(11-9-19)31-25(4,5)24(27)28)33(29,30)23-18(3)21-16-17(2)7-12-22(21)32-23/h7-12,16H,6,13-15H2,1-5H3,(H,27,28). The molecule has 178 valence electrons. The third kappa shape index (κ3) is 5.57. The van der Waals surface area contributed by atoms with Crippen molar-refractivity contribution >= 4 is 37.4 Å². The highest BCUT2D eigenvalue weighted by atomic mass is 32.2. The smallest absolute Gasteiger partial charge is 0.347 e. The average molecular weight is 490 g/mol. The molecule has 0 spiro atoms. The molecule has 3 aromatic rings. The molecule has 0 aliphatic carbocycles. The minimum Gasteiger partial charge on any atom is -0.478 e. The molecule has 0 fully saturated rings. The second-order valence-electron chi connectivity index (χ2n) is 8.73. The fraction of sp³-hybridized carbons (Fsp3) is 0.400. The molecule has 0 bridgehead atoms. The normalized spacial score (nSPS) is 12.4. The average Bonchev–Trinajstić information content (AvgIpc) is 3.08. The molecule has 0 saturated heterocycles. The van der Waals surface area contributed by atoms with E-state index in [-0.39, 0.29) is 0 Å². The molecule has 2 aromatic carbocycles. The van der Waals surface area contributed by atoms with Gasteiger partial charge in [-0.1, -0.05) is 36.8 Å². The second kappa shape index (κ2) is 9.83. The molecule has 0 aliphatic heterocycles. The Kier molecular flexibility index (Phi) is 7.51. The van der Waals surface area contributed by atoms with Gasteiger partial charge in [-0.15, -0.1) is 11.3 Å². The minimum atomic E-state index is -3.62. The zero-order valence-corrected chi connectivity index (χ0v) is 21.3. The van der Waals surface area contributed by atoms with Gasteiger partial charge in [0.05, 0.1) is 0 Å². The van der Waals surface area contributed by atoms with E-state index in [1.54, 1.807) is 16.4 Å². The molecule has 1 aromatic heterocycles. The van der Waals surface area contributed by atoms with Gasteiger partial charge in [0, 0.05) is 17.8 Å². The molecule has 0 saturated carbocycles. The van der Waals surface area contributed by atoms with Crippen molar-refractivity contribution in [2.45, 2.75) is 57.3 Å². The number of carbonyl (C=O) groups is 1. The summed E-state index contributed by atoms with van der Waals surface area (Å²) in [6.45, 7) is 9.66. The van der Waals surface area contributed by atoms with Gasteiger partial charge in [0.15, 0.2) is 5.60 Å². The molecular formula is C25H31NO5S2. The molecule has 8 heteroatoms. The van der Waals surface area contributed by atoms with Crippen LogP contribution in [0.3, 0.4) is 0 Å². The number of carboxylic acid groups (broad SMARTS) is 1. The zero-order chi connectivity index (χ0) is 24.4. The summed E-state index contributed by atoms with van der Waals surface area (Å²) >= 11 is 1.33. The quantitative estimate of drug-likeness (QED) is 0.412. The Morgan fingerprint density at radius 3 is 2.36 bits per heavy atom. The number of hydrogen-bond acceptors (Lipinski definition) is 5. The maximum atomic E-state index is 13.6. The molecular weight excluding hydrogens is 458 g/mol. The number of hydrogen-bond donors (Lipinski definition) is 1. The Morgan fingerprint density at radius 2 is 1.76 bits per heavy atom. The lowest BCUT2D eigenvalue weighted by atomic mass is 10.1. The van der Waals surface area contributed by atoms with Crippen LogP contribution in [0.5, 0.6) is 5.75 Å². The Balaban J connectivity index is 1.78. The van der Waals surface area contributed by atoms with Crippen LogP contribution in [-0.2, 0) is 21.2 Å². The van der Waals surface area contributed by atoms with E-state index in [0.29, 0.717) is 29.5 Å². The van der Waals surface area contributed by atoms with E-state index >= 15 is 0 Å². The van der Waals surface area contributed by atoms with Crippen molar-refractivity contribution in [1.29, 1.82) is 0 Å². The number of benzene rings is 2. The summed E-state index contributed by atoms with van der Waals surface area (Å²) in [5.41, 5.74) is 1.54. The lowest BCUT2D eigenvalue weighted by Gasteiger charge is -2.22. The number of ether oxygens (including phenoxy) is 1. The molecule has 6 nitrogen and oxygen atoms in total. The summed E-state index contributed by atoms with van der Waals surface area (Å²) in [5.74, 6) is -0.584. The Morgan fingerprint density at radius 1 is 1.09 bits per heavy atom. The van der Waals surface area contributed by atoms with Crippen molar-refractivity contribution in [3.63, 3.8) is 0 Å². The molecule has 1 N–H and O–H groups in total. The van der Waals surface area contributed by atoms with Crippen molar-refractivity contribution in [1.82, 2.24) is 4.31 Å². The molecule has 0 atom stereocenters. The molecule has 0 amide bonds. The largest absolute Gasteiger partial charge is 0.478 e. The molecule has 33 heavy (non-hydrogen) atoms. The summed E-state index contributed by atoms with van der Waals surface area (Å²) in [7, 11) is -3.62. The van der Waals surface area contributed by atoms with Crippen molar-refractivity contribution in [2.24, 2.45) is 0 Å². The topological polar surface area (TPSA) is 83.9 Å². The number of aryl methyl sites for hydroxylation is 2. The summed E-state index contributed by atoms with van der Waals surface area (Å²) < 4.78 is 35.6. The third-order valence-corrected chi connectivity index (χ3v) is 9.33. The lowest BCUT2D eigenvalue weighted by molar-refractivity contribution is -0.152. The lowest BCUT2D eigenvalue weighted by Crippen LogP contribution is -2.37. The van der Waals surface area contributed by atoms with Crippen LogP contribution in [0.25, 0.3) is 10.1 Å².